The Morgan fingerprint density at radius 2 is 1.69 bits per heavy atom. The van der Waals surface area contributed by atoms with Crippen LogP contribution in [0.3, 0.4) is 0 Å². The van der Waals surface area contributed by atoms with Crippen molar-refractivity contribution < 1.29 is 9.59 Å². The molecule has 0 spiro atoms. The molecule has 84 valence electrons. The fourth-order valence-electron chi connectivity index (χ4n) is 3.51. The third-order valence-electron chi connectivity index (χ3n) is 4.49. The molecule has 1 N–H and O–H groups in total. The molecule has 3 nitrogen and oxygen atoms in total. The second kappa shape index (κ2) is 2.84. The molecule has 3 aliphatic rings. The number of allylic oxidation sites excluding steroid dienone is 4. The van der Waals surface area contributed by atoms with Crippen molar-refractivity contribution in [2.45, 2.75) is 32.6 Å². The largest absolute Gasteiger partial charge is 0.295 e. The van der Waals surface area contributed by atoms with Gasteiger partial charge in [0.05, 0.1) is 10.8 Å². The third kappa shape index (κ3) is 0.896. The molecule has 3 heteroatoms. The van der Waals surface area contributed by atoms with Crippen LogP contribution in [0.4, 0.5) is 0 Å². The fourth-order valence-corrected chi connectivity index (χ4v) is 3.51. The number of nitrogens with one attached hydrogen (secondary N) is 1. The Kier molecular flexibility index (Phi) is 1.74. The van der Waals surface area contributed by atoms with Gasteiger partial charge in [0.2, 0.25) is 11.8 Å². The van der Waals surface area contributed by atoms with E-state index in [0.717, 1.165) is 6.42 Å². The van der Waals surface area contributed by atoms with Gasteiger partial charge in [-0.3, -0.25) is 14.9 Å². The molecule has 2 atom stereocenters. The molecule has 1 fully saturated rings. The standard InChI is InChI=1S/C13H15NO2/c1-9-4-7-12-5-2-3-6-13(12,8-9)11(16)14-10(12)15/h2-4H,5-8H2,1H3,(H,14,15,16)/t12-,13+/m1/s1. The van der Waals surface area contributed by atoms with Crippen molar-refractivity contribution in [1.82, 2.24) is 5.32 Å². The van der Waals surface area contributed by atoms with E-state index in [9.17, 15) is 9.59 Å². The molecule has 0 aromatic rings. The number of amides is 2. The Labute approximate surface area is 94.6 Å². The number of rotatable bonds is 0. The van der Waals surface area contributed by atoms with Gasteiger partial charge in [0, 0.05) is 0 Å². The van der Waals surface area contributed by atoms with Gasteiger partial charge in [-0.15, -0.1) is 0 Å². The first-order valence-corrected chi connectivity index (χ1v) is 5.77. The molecule has 2 amide bonds. The summed E-state index contributed by atoms with van der Waals surface area (Å²) < 4.78 is 0. The number of hydrogen-bond acceptors (Lipinski definition) is 2. The number of hydrogen-bond donors (Lipinski definition) is 1. The van der Waals surface area contributed by atoms with Crippen LogP contribution in [0.5, 0.6) is 0 Å². The second-order valence-electron chi connectivity index (χ2n) is 5.26. The summed E-state index contributed by atoms with van der Waals surface area (Å²) >= 11 is 0. The summed E-state index contributed by atoms with van der Waals surface area (Å²) in [7, 11) is 0. The van der Waals surface area contributed by atoms with E-state index in [1.807, 2.05) is 13.0 Å². The molecule has 0 aromatic carbocycles. The second-order valence-corrected chi connectivity index (χ2v) is 5.26. The summed E-state index contributed by atoms with van der Waals surface area (Å²) in [5.41, 5.74) is 0.256. The van der Waals surface area contributed by atoms with Crippen molar-refractivity contribution in [2.24, 2.45) is 10.8 Å². The highest BCUT2D eigenvalue weighted by atomic mass is 16.2. The number of imide groups is 1. The molecule has 0 unspecified atom stereocenters. The molecule has 1 aliphatic heterocycles. The van der Waals surface area contributed by atoms with Gasteiger partial charge in [0.15, 0.2) is 0 Å². The van der Waals surface area contributed by atoms with Crippen molar-refractivity contribution in [3.05, 3.63) is 23.8 Å². The molecule has 16 heavy (non-hydrogen) atoms. The normalized spacial score (nSPS) is 41.2. The van der Waals surface area contributed by atoms with Crippen molar-refractivity contribution in [3.63, 3.8) is 0 Å². The Morgan fingerprint density at radius 1 is 1.06 bits per heavy atom. The van der Waals surface area contributed by atoms with Gasteiger partial charge < -0.3 is 0 Å². The van der Waals surface area contributed by atoms with Crippen LogP contribution in [0.2, 0.25) is 0 Å². The minimum atomic E-state index is -0.488. The topological polar surface area (TPSA) is 46.2 Å². The monoisotopic (exact) mass is 217 g/mol. The van der Waals surface area contributed by atoms with Crippen LogP contribution in [-0.2, 0) is 9.59 Å². The molecule has 3 rings (SSSR count). The Balaban J connectivity index is 2.21. The van der Waals surface area contributed by atoms with Crippen LogP contribution in [-0.4, -0.2) is 11.8 Å². The van der Waals surface area contributed by atoms with Gasteiger partial charge in [-0.2, -0.15) is 0 Å². The first-order chi connectivity index (χ1) is 7.61. The lowest BCUT2D eigenvalue weighted by atomic mass is 9.53. The summed E-state index contributed by atoms with van der Waals surface area (Å²) in [5, 5.41) is 2.55. The highest BCUT2D eigenvalue weighted by molar-refractivity contribution is 6.10. The van der Waals surface area contributed by atoms with Gasteiger partial charge >= 0.3 is 0 Å². The summed E-state index contributed by atoms with van der Waals surface area (Å²) in [6, 6.07) is 0. The van der Waals surface area contributed by atoms with Crippen LogP contribution in [0.15, 0.2) is 23.8 Å². The van der Waals surface area contributed by atoms with Crippen molar-refractivity contribution in [1.29, 1.82) is 0 Å². The van der Waals surface area contributed by atoms with E-state index in [0.29, 0.717) is 19.3 Å². The molecular formula is C13H15NO2. The first-order valence-electron chi connectivity index (χ1n) is 5.77. The maximum Gasteiger partial charge on any atom is 0.234 e. The summed E-state index contributed by atoms with van der Waals surface area (Å²) in [5.74, 6) is -0.125. The van der Waals surface area contributed by atoms with E-state index in [4.69, 9.17) is 0 Å². The molecule has 2 aliphatic carbocycles. The van der Waals surface area contributed by atoms with E-state index >= 15 is 0 Å². The molecular weight excluding hydrogens is 202 g/mol. The quantitative estimate of drug-likeness (QED) is 0.496. The molecule has 1 heterocycles. The predicted molar refractivity (Wildman–Crippen MR) is 59.4 cm³/mol. The smallest absolute Gasteiger partial charge is 0.234 e. The highest BCUT2D eigenvalue weighted by Gasteiger charge is 2.65. The van der Waals surface area contributed by atoms with E-state index in [2.05, 4.69) is 17.5 Å². The van der Waals surface area contributed by atoms with Crippen molar-refractivity contribution in [3.8, 4) is 0 Å². The fraction of sp³-hybridized carbons (Fsp3) is 0.538. The molecule has 0 bridgehead atoms. The van der Waals surface area contributed by atoms with E-state index in [1.165, 1.54) is 5.57 Å². The lowest BCUT2D eigenvalue weighted by Crippen LogP contribution is -2.47. The summed E-state index contributed by atoms with van der Waals surface area (Å²) in [6.07, 6.45) is 9.06. The lowest BCUT2D eigenvalue weighted by Gasteiger charge is -2.45. The van der Waals surface area contributed by atoms with E-state index in [1.54, 1.807) is 0 Å². The summed E-state index contributed by atoms with van der Waals surface area (Å²) in [6.45, 7) is 2.05. The average Bonchev–Trinajstić information content (AvgIpc) is 2.49. The average molecular weight is 217 g/mol. The molecule has 0 radical (unpaired) electrons. The van der Waals surface area contributed by atoms with Crippen molar-refractivity contribution in [2.75, 3.05) is 0 Å². The zero-order valence-corrected chi connectivity index (χ0v) is 9.38. The van der Waals surface area contributed by atoms with Gasteiger partial charge in [0.25, 0.3) is 0 Å². The highest BCUT2D eigenvalue weighted by Crippen LogP contribution is 2.59. The summed E-state index contributed by atoms with van der Waals surface area (Å²) in [4.78, 5) is 24.2. The van der Waals surface area contributed by atoms with Crippen LogP contribution in [0.25, 0.3) is 0 Å². The first kappa shape index (κ1) is 9.82. The SMILES string of the molecule is CC1=CC[C@@]23CC=CC[C@]2(C1)C(=O)NC3=O. The minimum absolute atomic E-state index is 0.0608. The number of carbonyl (C=O) groups is 2. The number of carbonyl (C=O) groups excluding carboxylic acids is 2. The zero-order valence-electron chi connectivity index (χ0n) is 9.38. The van der Waals surface area contributed by atoms with E-state index in [-0.39, 0.29) is 11.8 Å². The maximum absolute atomic E-state index is 12.1. The van der Waals surface area contributed by atoms with Crippen LogP contribution >= 0.6 is 0 Å². The van der Waals surface area contributed by atoms with E-state index < -0.39 is 10.8 Å². The van der Waals surface area contributed by atoms with Crippen LogP contribution < -0.4 is 5.32 Å². The zero-order chi connectivity index (χ0) is 11.4. The molecule has 1 saturated heterocycles. The lowest BCUT2D eigenvalue weighted by molar-refractivity contribution is -0.136. The Morgan fingerprint density at radius 3 is 2.44 bits per heavy atom. The molecule has 0 aromatic heterocycles. The van der Waals surface area contributed by atoms with Crippen LogP contribution in [0.1, 0.15) is 32.6 Å². The van der Waals surface area contributed by atoms with Gasteiger partial charge in [-0.25, -0.2) is 0 Å². The van der Waals surface area contributed by atoms with Crippen LogP contribution in [0, 0.1) is 10.8 Å². The predicted octanol–water partition coefficient (Wildman–Crippen LogP) is 1.71. The van der Waals surface area contributed by atoms with Gasteiger partial charge in [-0.05, 0) is 32.6 Å². The Hall–Kier alpha value is -1.38. The minimum Gasteiger partial charge on any atom is -0.295 e. The van der Waals surface area contributed by atoms with Gasteiger partial charge in [0.1, 0.15) is 0 Å². The molecule has 0 saturated carbocycles. The Bertz CT molecular complexity index is 449. The van der Waals surface area contributed by atoms with Crippen molar-refractivity contribution >= 4 is 11.8 Å². The third-order valence-corrected chi connectivity index (χ3v) is 4.49. The maximum atomic E-state index is 12.1. The van der Waals surface area contributed by atoms with Gasteiger partial charge in [-0.1, -0.05) is 23.8 Å².